The summed E-state index contributed by atoms with van der Waals surface area (Å²) in [6.07, 6.45) is 1.76. The second-order valence-electron chi connectivity index (χ2n) is 5.82. The second-order valence-corrected chi connectivity index (χ2v) is 7.39. The van der Waals surface area contributed by atoms with Crippen molar-refractivity contribution in [3.63, 3.8) is 0 Å². The van der Waals surface area contributed by atoms with Crippen LogP contribution in [0.1, 0.15) is 11.4 Å². The molecule has 7 nitrogen and oxygen atoms in total. The zero-order chi connectivity index (χ0) is 16.7. The Morgan fingerprint density at radius 2 is 1.71 bits per heavy atom. The Labute approximate surface area is 140 Å². The van der Waals surface area contributed by atoms with Crippen LogP contribution in [0.25, 0.3) is 0 Å². The maximum atomic E-state index is 12.2. The zero-order valence-electron chi connectivity index (χ0n) is 13.3. The van der Waals surface area contributed by atoms with Crippen LogP contribution in [0.4, 0.5) is 5.82 Å². The van der Waals surface area contributed by atoms with Gasteiger partial charge in [-0.1, -0.05) is 12.1 Å². The third kappa shape index (κ3) is 2.52. The van der Waals surface area contributed by atoms with E-state index >= 15 is 0 Å². The Morgan fingerprint density at radius 3 is 2.46 bits per heavy atom. The van der Waals surface area contributed by atoms with Crippen molar-refractivity contribution in [3.8, 4) is 0 Å². The third-order valence-corrected chi connectivity index (χ3v) is 5.60. The van der Waals surface area contributed by atoms with Crippen LogP contribution in [0.2, 0.25) is 0 Å². The Morgan fingerprint density at radius 1 is 1.00 bits per heavy atom. The summed E-state index contributed by atoms with van der Waals surface area (Å²) in [5.74, 6) is 2.21. The van der Waals surface area contributed by atoms with E-state index < -0.39 is 10.0 Å². The molecule has 2 aliphatic rings. The molecule has 0 bridgehead atoms. The molecule has 4 rings (SSSR count). The summed E-state index contributed by atoms with van der Waals surface area (Å²) in [5.41, 5.74) is 0.698. The Balaban J connectivity index is 1.55. The van der Waals surface area contributed by atoms with Crippen molar-refractivity contribution in [1.29, 1.82) is 0 Å². The van der Waals surface area contributed by atoms with Gasteiger partial charge in [0.05, 0.1) is 0 Å². The van der Waals surface area contributed by atoms with Crippen LogP contribution in [-0.4, -0.2) is 55.3 Å². The number of rotatable bonds is 1. The van der Waals surface area contributed by atoms with E-state index in [4.69, 9.17) is 0 Å². The van der Waals surface area contributed by atoms with Crippen molar-refractivity contribution in [1.82, 2.24) is 14.9 Å². The Bertz CT molecular complexity index is 918. The minimum atomic E-state index is -3.56. The number of hydrogen-bond acceptors (Lipinski definition) is 6. The first-order valence-electron chi connectivity index (χ1n) is 7.78. The summed E-state index contributed by atoms with van der Waals surface area (Å²) in [6.45, 7) is 4.79. The van der Waals surface area contributed by atoms with Gasteiger partial charge < -0.3 is 9.80 Å². The molecule has 0 amide bonds. The minimum Gasteiger partial charge on any atom is -0.353 e. The zero-order valence-corrected chi connectivity index (χ0v) is 14.1. The first-order chi connectivity index (χ1) is 11.5. The molecule has 0 saturated carbocycles. The number of hydrogen-bond donors (Lipinski definition) is 0. The predicted octanol–water partition coefficient (Wildman–Crippen LogP) is 1.06. The van der Waals surface area contributed by atoms with Gasteiger partial charge in [0.25, 0.3) is 10.0 Å². The molecule has 8 heteroatoms. The summed E-state index contributed by atoms with van der Waals surface area (Å²) >= 11 is 0. The molecule has 0 spiro atoms. The average Bonchev–Trinajstić information content (AvgIpc) is 2.87. The van der Waals surface area contributed by atoms with Gasteiger partial charge in [-0.25, -0.2) is 9.97 Å². The number of aromatic nitrogens is 2. The molecule has 3 heterocycles. The maximum Gasteiger partial charge on any atom is 0.285 e. The highest BCUT2D eigenvalue weighted by Gasteiger charge is 2.33. The van der Waals surface area contributed by atoms with E-state index in [1.165, 1.54) is 0 Å². The number of aryl methyl sites for hydroxylation is 1. The van der Waals surface area contributed by atoms with Crippen molar-refractivity contribution >= 4 is 21.7 Å². The molecule has 0 unspecified atom stereocenters. The monoisotopic (exact) mass is 343 g/mol. The highest BCUT2D eigenvalue weighted by Crippen LogP contribution is 2.28. The normalized spacial score (nSPS) is 19.1. The Hall–Kier alpha value is -2.48. The van der Waals surface area contributed by atoms with E-state index in [-0.39, 0.29) is 0 Å². The summed E-state index contributed by atoms with van der Waals surface area (Å²) in [7, 11) is -3.56. The number of piperazine rings is 1. The molecule has 1 aromatic carbocycles. The molecule has 0 radical (unpaired) electrons. The van der Waals surface area contributed by atoms with Crippen molar-refractivity contribution in [2.24, 2.45) is 4.40 Å². The van der Waals surface area contributed by atoms with Crippen LogP contribution >= 0.6 is 0 Å². The van der Waals surface area contributed by atoms with Gasteiger partial charge in [-0.15, -0.1) is 4.40 Å². The van der Waals surface area contributed by atoms with Gasteiger partial charge in [-0.05, 0) is 25.1 Å². The lowest BCUT2D eigenvalue weighted by Gasteiger charge is -2.36. The topological polar surface area (TPSA) is 78.8 Å². The van der Waals surface area contributed by atoms with E-state index in [0.29, 0.717) is 29.4 Å². The number of anilines is 1. The molecule has 2 aromatic rings. The molecule has 1 saturated heterocycles. The quantitative estimate of drug-likeness (QED) is 0.770. The second kappa shape index (κ2) is 5.55. The number of nitrogens with zero attached hydrogens (tertiary/aromatic N) is 5. The van der Waals surface area contributed by atoms with E-state index in [1.807, 2.05) is 30.0 Å². The molecule has 124 valence electrons. The smallest absolute Gasteiger partial charge is 0.285 e. The molecular formula is C16H17N5O2S. The minimum absolute atomic E-state index is 0.300. The number of sulfonamides is 1. The number of fused-ring (bicyclic) bond motifs is 1. The van der Waals surface area contributed by atoms with E-state index in [0.717, 1.165) is 24.7 Å². The largest absolute Gasteiger partial charge is 0.353 e. The van der Waals surface area contributed by atoms with Gasteiger partial charge >= 0.3 is 0 Å². The Kier molecular flexibility index (Phi) is 3.49. The van der Waals surface area contributed by atoms with Crippen LogP contribution in [0.3, 0.4) is 0 Å². The van der Waals surface area contributed by atoms with E-state index in [1.54, 1.807) is 18.3 Å². The van der Waals surface area contributed by atoms with E-state index in [2.05, 4.69) is 19.3 Å². The van der Waals surface area contributed by atoms with Crippen LogP contribution in [0.5, 0.6) is 0 Å². The van der Waals surface area contributed by atoms with Crippen molar-refractivity contribution in [3.05, 3.63) is 47.9 Å². The molecule has 0 aliphatic carbocycles. The van der Waals surface area contributed by atoms with Gasteiger partial charge in [0.15, 0.2) is 5.84 Å². The maximum absolute atomic E-state index is 12.2. The van der Waals surface area contributed by atoms with Gasteiger partial charge in [-0.3, -0.25) is 0 Å². The third-order valence-electron chi connectivity index (χ3n) is 4.28. The fraction of sp³-hybridized carbons (Fsp3) is 0.312. The predicted molar refractivity (Wildman–Crippen MR) is 90.7 cm³/mol. The molecule has 24 heavy (non-hydrogen) atoms. The molecule has 1 aromatic heterocycles. The standard InChI is InChI=1S/C16H17N5O2S/c1-12-17-7-6-15(18-12)20-8-10-21(11-9-20)16-13-4-2-3-5-14(13)24(22,23)19-16/h2-7H,8-11H2,1H3. The molecule has 0 atom stereocenters. The summed E-state index contributed by atoms with van der Waals surface area (Å²) in [6, 6.07) is 8.90. The first-order valence-corrected chi connectivity index (χ1v) is 9.22. The van der Waals surface area contributed by atoms with Crippen molar-refractivity contribution in [2.45, 2.75) is 11.8 Å². The highest BCUT2D eigenvalue weighted by atomic mass is 32.2. The van der Waals surface area contributed by atoms with Crippen molar-refractivity contribution < 1.29 is 8.42 Å². The van der Waals surface area contributed by atoms with Crippen molar-refractivity contribution in [2.75, 3.05) is 31.1 Å². The average molecular weight is 343 g/mol. The van der Waals surface area contributed by atoms with Gasteiger partial charge in [0, 0.05) is 37.9 Å². The first kappa shape index (κ1) is 15.1. The van der Waals surface area contributed by atoms with Gasteiger partial charge in [0.2, 0.25) is 0 Å². The summed E-state index contributed by atoms with van der Waals surface area (Å²) in [5, 5.41) is 0. The van der Waals surface area contributed by atoms with Crippen LogP contribution in [-0.2, 0) is 10.0 Å². The fourth-order valence-corrected chi connectivity index (χ4v) is 4.31. The molecule has 1 fully saturated rings. The van der Waals surface area contributed by atoms with E-state index in [9.17, 15) is 8.42 Å². The van der Waals surface area contributed by atoms with Crippen LogP contribution in [0, 0.1) is 6.92 Å². The summed E-state index contributed by atoms with van der Waals surface area (Å²) in [4.78, 5) is 13.1. The molecule has 2 aliphatic heterocycles. The lowest BCUT2D eigenvalue weighted by atomic mass is 10.1. The number of amidine groups is 1. The lowest BCUT2D eigenvalue weighted by Crippen LogP contribution is -2.49. The molecule has 0 N–H and O–H groups in total. The SMILES string of the molecule is Cc1nccc(N2CCN(C3=NS(=O)(=O)c4ccccc43)CC2)n1. The van der Waals surface area contributed by atoms with Gasteiger partial charge in [-0.2, -0.15) is 8.42 Å². The molecular weight excluding hydrogens is 326 g/mol. The van der Waals surface area contributed by atoms with Crippen LogP contribution in [0.15, 0.2) is 45.8 Å². The fourth-order valence-electron chi connectivity index (χ4n) is 3.08. The summed E-state index contributed by atoms with van der Waals surface area (Å²) < 4.78 is 28.4. The van der Waals surface area contributed by atoms with Gasteiger partial charge in [0.1, 0.15) is 16.5 Å². The number of benzene rings is 1. The van der Waals surface area contributed by atoms with Crippen LogP contribution < -0.4 is 4.90 Å². The highest BCUT2D eigenvalue weighted by molar-refractivity contribution is 7.90. The lowest BCUT2D eigenvalue weighted by molar-refractivity contribution is 0.385.